The van der Waals surface area contributed by atoms with Crippen molar-refractivity contribution in [3.63, 3.8) is 0 Å². The van der Waals surface area contributed by atoms with Crippen LogP contribution in [0.4, 0.5) is 10.5 Å². The van der Waals surface area contributed by atoms with E-state index in [0.29, 0.717) is 62.0 Å². The summed E-state index contributed by atoms with van der Waals surface area (Å²) in [6, 6.07) is 9.56. The Labute approximate surface area is 195 Å². The third kappa shape index (κ3) is 3.50. The predicted octanol–water partition coefficient (Wildman–Crippen LogP) is 1.66. The number of nitrogens with one attached hydrogen (secondary N) is 2. The number of nitrogens with zero attached hydrogens (tertiary/aromatic N) is 2. The highest BCUT2D eigenvalue weighted by molar-refractivity contribution is 6.11. The van der Waals surface area contributed by atoms with E-state index in [2.05, 4.69) is 10.6 Å². The van der Waals surface area contributed by atoms with Gasteiger partial charge in [0.1, 0.15) is 6.04 Å². The minimum atomic E-state index is -0.765. The Hall–Kier alpha value is -3.79. The van der Waals surface area contributed by atoms with Gasteiger partial charge in [-0.25, -0.2) is 4.79 Å². The average Bonchev–Trinajstić information content (AvgIpc) is 3.48. The van der Waals surface area contributed by atoms with Gasteiger partial charge in [0.25, 0.3) is 5.91 Å². The fraction of sp³-hybridized carbons (Fsp3) is 0.375. The van der Waals surface area contributed by atoms with Gasteiger partial charge in [-0.2, -0.15) is 0 Å². The summed E-state index contributed by atoms with van der Waals surface area (Å²) in [5.41, 5.74) is 2.59. The predicted molar refractivity (Wildman–Crippen MR) is 121 cm³/mol. The maximum absolute atomic E-state index is 13.5. The molecular formula is C24H24N4O6. The molecule has 0 saturated carbocycles. The minimum absolute atomic E-state index is 0.188. The van der Waals surface area contributed by atoms with E-state index in [1.54, 1.807) is 21.9 Å². The highest BCUT2D eigenvalue weighted by Gasteiger charge is 2.45. The first-order valence-corrected chi connectivity index (χ1v) is 11.4. The number of benzene rings is 2. The largest absolute Gasteiger partial charge is 0.454 e. The molecular weight excluding hydrogens is 440 g/mol. The molecule has 10 heteroatoms. The summed E-state index contributed by atoms with van der Waals surface area (Å²) in [5, 5.41) is 5.86. The number of fused-ring (bicyclic) bond motifs is 3. The summed E-state index contributed by atoms with van der Waals surface area (Å²) in [5.74, 6) is 0.814. The van der Waals surface area contributed by atoms with Crippen LogP contribution in [0.25, 0.3) is 11.1 Å². The lowest BCUT2D eigenvalue weighted by Gasteiger charge is -2.30. The average molecular weight is 464 g/mol. The third-order valence-corrected chi connectivity index (χ3v) is 6.75. The quantitative estimate of drug-likeness (QED) is 0.700. The van der Waals surface area contributed by atoms with Crippen LogP contribution in [0, 0.1) is 0 Å². The number of hydrogen-bond donors (Lipinski definition) is 2. The number of hydrogen-bond acceptors (Lipinski definition) is 6. The minimum Gasteiger partial charge on any atom is -0.454 e. The van der Waals surface area contributed by atoms with Crippen LogP contribution >= 0.6 is 0 Å². The van der Waals surface area contributed by atoms with Crippen LogP contribution in [-0.4, -0.2) is 79.4 Å². The molecule has 4 amide bonds. The molecule has 0 unspecified atom stereocenters. The van der Waals surface area contributed by atoms with E-state index in [0.717, 1.165) is 11.1 Å². The smallest absolute Gasteiger partial charge is 0.317 e. The van der Waals surface area contributed by atoms with Crippen molar-refractivity contribution < 1.29 is 28.6 Å². The van der Waals surface area contributed by atoms with Crippen LogP contribution in [0.5, 0.6) is 11.5 Å². The molecule has 0 bridgehead atoms. The Morgan fingerprint density at radius 3 is 2.59 bits per heavy atom. The number of carbonyl (C=O) groups is 3. The maximum atomic E-state index is 13.5. The van der Waals surface area contributed by atoms with Crippen molar-refractivity contribution in [1.82, 2.24) is 15.1 Å². The van der Waals surface area contributed by atoms with E-state index in [-0.39, 0.29) is 24.6 Å². The molecule has 0 aliphatic carbocycles. The fourth-order valence-electron chi connectivity index (χ4n) is 4.96. The molecule has 0 aromatic heterocycles. The molecule has 4 aliphatic heterocycles. The Kier molecular flexibility index (Phi) is 5.02. The van der Waals surface area contributed by atoms with Crippen LogP contribution in [0.1, 0.15) is 16.8 Å². The number of morpholine rings is 1. The van der Waals surface area contributed by atoms with E-state index >= 15 is 0 Å². The summed E-state index contributed by atoms with van der Waals surface area (Å²) in [4.78, 5) is 42.6. The molecule has 2 saturated heterocycles. The summed E-state index contributed by atoms with van der Waals surface area (Å²) in [6.45, 7) is 2.57. The van der Waals surface area contributed by atoms with Crippen molar-refractivity contribution in [2.75, 3.05) is 45.0 Å². The molecule has 4 aliphatic rings. The van der Waals surface area contributed by atoms with Crippen LogP contribution in [-0.2, 0) is 9.53 Å². The van der Waals surface area contributed by atoms with Crippen molar-refractivity contribution in [1.29, 1.82) is 0 Å². The summed E-state index contributed by atoms with van der Waals surface area (Å²) in [6.07, 6.45) is 0.511. The summed E-state index contributed by atoms with van der Waals surface area (Å²) >= 11 is 0. The fourth-order valence-corrected chi connectivity index (χ4v) is 4.96. The van der Waals surface area contributed by atoms with E-state index in [1.807, 2.05) is 24.3 Å². The van der Waals surface area contributed by atoms with Gasteiger partial charge in [-0.15, -0.1) is 0 Å². The van der Waals surface area contributed by atoms with Crippen molar-refractivity contribution in [2.45, 2.75) is 18.5 Å². The number of ether oxygens (including phenoxy) is 3. The zero-order valence-corrected chi connectivity index (χ0v) is 18.4. The van der Waals surface area contributed by atoms with Gasteiger partial charge in [0.05, 0.1) is 30.5 Å². The second-order valence-corrected chi connectivity index (χ2v) is 8.71. The zero-order chi connectivity index (χ0) is 23.2. The van der Waals surface area contributed by atoms with Gasteiger partial charge in [0.2, 0.25) is 12.7 Å². The number of rotatable bonds is 2. The lowest BCUT2D eigenvalue weighted by Crippen LogP contribution is -2.55. The first-order valence-electron chi connectivity index (χ1n) is 11.4. The first-order chi connectivity index (χ1) is 16.6. The van der Waals surface area contributed by atoms with Crippen LogP contribution in [0.15, 0.2) is 36.4 Å². The van der Waals surface area contributed by atoms with Crippen molar-refractivity contribution in [3.05, 3.63) is 42.0 Å². The van der Waals surface area contributed by atoms with Crippen LogP contribution in [0.2, 0.25) is 0 Å². The van der Waals surface area contributed by atoms with Crippen molar-refractivity contribution >= 4 is 23.5 Å². The van der Waals surface area contributed by atoms with E-state index in [4.69, 9.17) is 14.2 Å². The maximum Gasteiger partial charge on any atom is 0.317 e. The molecule has 4 heterocycles. The van der Waals surface area contributed by atoms with Crippen LogP contribution < -0.4 is 20.1 Å². The highest BCUT2D eigenvalue weighted by Crippen LogP contribution is 2.37. The Bertz CT molecular complexity index is 1180. The molecule has 2 fully saturated rings. The van der Waals surface area contributed by atoms with Gasteiger partial charge in [-0.05, 0) is 41.8 Å². The Morgan fingerprint density at radius 1 is 0.971 bits per heavy atom. The molecule has 2 N–H and O–H groups in total. The van der Waals surface area contributed by atoms with Gasteiger partial charge in [-0.1, -0.05) is 12.1 Å². The number of anilines is 1. The lowest BCUT2D eigenvalue weighted by atomic mass is 10.0. The lowest BCUT2D eigenvalue weighted by molar-refractivity contribution is -0.120. The molecule has 2 aromatic carbocycles. The zero-order valence-electron chi connectivity index (χ0n) is 18.4. The van der Waals surface area contributed by atoms with Crippen molar-refractivity contribution in [2.24, 2.45) is 0 Å². The SMILES string of the molecule is O=C1Nc2ccc(-c3ccc4c(c3)OCO4)cc2C(=O)N2CC[C@H](NC(=O)N3CCOCC3)[C@@H]12. The Morgan fingerprint density at radius 2 is 1.74 bits per heavy atom. The van der Waals surface area contributed by atoms with E-state index < -0.39 is 12.1 Å². The van der Waals surface area contributed by atoms with E-state index in [9.17, 15) is 14.4 Å². The second-order valence-electron chi connectivity index (χ2n) is 8.71. The number of urea groups is 1. The molecule has 2 aromatic rings. The molecule has 0 spiro atoms. The van der Waals surface area contributed by atoms with Gasteiger partial charge < -0.3 is 34.6 Å². The van der Waals surface area contributed by atoms with E-state index in [1.165, 1.54) is 0 Å². The molecule has 34 heavy (non-hydrogen) atoms. The molecule has 2 atom stereocenters. The van der Waals surface area contributed by atoms with Gasteiger partial charge in [-0.3, -0.25) is 9.59 Å². The second kappa shape index (κ2) is 8.21. The number of amides is 4. The summed E-state index contributed by atoms with van der Waals surface area (Å²) < 4.78 is 16.2. The van der Waals surface area contributed by atoms with Gasteiger partial charge >= 0.3 is 6.03 Å². The number of carbonyl (C=O) groups excluding carboxylic acids is 3. The normalized spacial score (nSPS) is 23.2. The van der Waals surface area contributed by atoms with Gasteiger partial charge in [0, 0.05) is 19.6 Å². The van der Waals surface area contributed by atoms with Crippen molar-refractivity contribution in [3.8, 4) is 22.6 Å². The standard InChI is InChI=1S/C24H24N4O6/c29-22-21-18(26-24(31)27-7-9-32-10-8-27)5-6-28(21)23(30)16-11-14(1-3-17(16)25-22)15-2-4-19-20(12-15)34-13-33-19/h1-4,11-12,18,21H,5-10,13H2,(H,25,29)(H,26,31)/t18-,21-/m0/s1. The monoisotopic (exact) mass is 464 g/mol. The molecule has 0 radical (unpaired) electrons. The molecule has 10 nitrogen and oxygen atoms in total. The topological polar surface area (TPSA) is 109 Å². The van der Waals surface area contributed by atoms with Gasteiger partial charge in [0.15, 0.2) is 11.5 Å². The summed E-state index contributed by atoms with van der Waals surface area (Å²) in [7, 11) is 0. The Balaban J connectivity index is 1.25. The highest BCUT2D eigenvalue weighted by atomic mass is 16.7. The molecule has 176 valence electrons. The molecule has 6 rings (SSSR count). The third-order valence-electron chi connectivity index (χ3n) is 6.75. The first kappa shape index (κ1) is 20.8. The van der Waals surface area contributed by atoms with Crippen LogP contribution in [0.3, 0.4) is 0 Å².